The first kappa shape index (κ1) is 13.6. The Labute approximate surface area is 118 Å². The Balaban J connectivity index is 0. The molecule has 0 aromatic heterocycles. The molecule has 0 fully saturated rings. The molecule has 1 N–H and O–H groups in total. The number of rotatable bonds is 1. The van der Waals surface area contributed by atoms with E-state index in [0.717, 1.165) is 6.07 Å². The summed E-state index contributed by atoms with van der Waals surface area (Å²) in [5.41, 5.74) is 0. The molecule has 1 aromatic rings. The molecule has 0 spiro atoms. The van der Waals surface area contributed by atoms with Crippen LogP contribution in [-0.2, 0) is 10.1 Å². The summed E-state index contributed by atoms with van der Waals surface area (Å²) in [5, 5.41) is 0. The second kappa shape index (κ2) is 4.92. The van der Waals surface area contributed by atoms with Crippen molar-refractivity contribution >= 4 is 10.1 Å². The number of hydrogen-bond donors (Lipinski definition) is 1. The summed E-state index contributed by atoms with van der Waals surface area (Å²) in [6, 6.07) is 1.80. The maximum Gasteiger partial charge on any atom is 1.00 e. The first-order valence-electron chi connectivity index (χ1n) is 2.84. The summed E-state index contributed by atoms with van der Waals surface area (Å²) in [4.78, 5) is -0.665. The van der Waals surface area contributed by atoms with E-state index >= 15 is 0 Å². The van der Waals surface area contributed by atoms with Gasteiger partial charge in [0.05, 0.1) is 4.90 Å². The van der Waals surface area contributed by atoms with Gasteiger partial charge in [-0.15, -0.1) is 0 Å². The third-order valence-electron chi connectivity index (χ3n) is 1.19. The zero-order valence-corrected chi connectivity index (χ0v) is 10.6. The number of halogens is 2. The largest absolute Gasteiger partial charge is 1.00 e. The first-order valence-corrected chi connectivity index (χ1v) is 4.28. The topological polar surface area (TPSA) is 54.4 Å². The van der Waals surface area contributed by atoms with E-state index in [2.05, 4.69) is 0 Å². The van der Waals surface area contributed by atoms with Gasteiger partial charge in [-0.3, -0.25) is 4.55 Å². The first-order chi connectivity index (χ1) is 5.41. The van der Waals surface area contributed by atoms with Gasteiger partial charge in [0.1, 0.15) is 0 Å². The van der Waals surface area contributed by atoms with E-state index in [9.17, 15) is 17.2 Å². The van der Waals surface area contributed by atoms with Crippen LogP contribution >= 0.6 is 0 Å². The monoisotopic (exact) mass is 234 g/mol. The van der Waals surface area contributed by atoms with Gasteiger partial charge in [-0.1, -0.05) is 0 Å². The van der Waals surface area contributed by atoms with Gasteiger partial charge < -0.3 is 1.43 Å². The molecule has 0 aliphatic carbocycles. The minimum Gasteiger partial charge on any atom is -1.00 e. The summed E-state index contributed by atoms with van der Waals surface area (Å²) in [6.45, 7) is 0. The number of hydrogen-bond acceptors (Lipinski definition) is 2. The molecule has 0 bridgehead atoms. The zero-order chi connectivity index (χ0) is 9.35. The molecular formula is C6H5F2KO3S. The summed E-state index contributed by atoms with van der Waals surface area (Å²) in [7, 11) is -4.45. The maximum absolute atomic E-state index is 12.4. The van der Waals surface area contributed by atoms with Gasteiger partial charge in [-0.05, 0) is 18.2 Å². The smallest absolute Gasteiger partial charge is 1.00 e. The Morgan fingerprint density at radius 1 is 1.23 bits per heavy atom. The average molecular weight is 234 g/mol. The van der Waals surface area contributed by atoms with Gasteiger partial charge in [-0.25, -0.2) is 8.78 Å². The molecule has 3 nitrogen and oxygen atoms in total. The van der Waals surface area contributed by atoms with Crippen LogP contribution in [0.3, 0.4) is 0 Å². The SMILES string of the molecule is O=S(=O)(O)c1ccc(F)c(F)c1.[H-].[K+]. The van der Waals surface area contributed by atoms with Gasteiger partial charge in [0, 0.05) is 0 Å². The quantitative estimate of drug-likeness (QED) is 0.467. The van der Waals surface area contributed by atoms with Crippen molar-refractivity contribution in [3.05, 3.63) is 29.8 Å². The van der Waals surface area contributed by atoms with Crippen molar-refractivity contribution in [1.82, 2.24) is 0 Å². The van der Waals surface area contributed by atoms with Crippen LogP contribution in [0.25, 0.3) is 0 Å². The van der Waals surface area contributed by atoms with Gasteiger partial charge in [0.25, 0.3) is 10.1 Å². The minimum absolute atomic E-state index is 0. The van der Waals surface area contributed by atoms with E-state index in [-0.39, 0.29) is 52.8 Å². The van der Waals surface area contributed by atoms with Gasteiger partial charge in [0.15, 0.2) is 11.6 Å². The Morgan fingerprint density at radius 3 is 2.15 bits per heavy atom. The number of benzene rings is 1. The molecule has 0 aliphatic rings. The second-order valence-corrected chi connectivity index (χ2v) is 3.47. The Bertz CT molecular complexity index is 410. The van der Waals surface area contributed by atoms with E-state index in [0.29, 0.717) is 12.1 Å². The third-order valence-corrected chi connectivity index (χ3v) is 2.04. The van der Waals surface area contributed by atoms with Crippen molar-refractivity contribution in [2.24, 2.45) is 0 Å². The fourth-order valence-corrected chi connectivity index (χ4v) is 1.13. The molecule has 1 aromatic carbocycles. The predicted octanol–water partition coefficient (Wildman–Crippen LogP) is -1.67. The standard InChI is InChI=1S/C6H4F2O3S.K.H/c7-5-2-1-4(3-6(5)8)12(9,10)11;;/h1-3H,(H,9,10,11);;/q;+1;-1. The van der Waals surface area contributed by atoms with Crippen molar-refractivity contribution in [2.45, 2.75) is 4.90 Å². The Hall–Kier alpha value is 0.626. The molecule has 0 aliphatic heterocycles. The van der Waals surface area contributed by atoms with E-state index in [4.69, 9.17) is 4.55 Å². The molecule has 0 atom stereocenters. The fraction of sp³-hybridized carbons (Fsp3) is 0. The van der Waals surface area contributed by atoms with Gasteiger partial charge >= 0.3 is 51.4 Å². The normalized spacial score (nSPS) is 10.7. The fourth-order valence-electron chi connectivity index (χ4n) is 0.637. The van der Waals surface area contributed by atoms with Gasteiger partial charge in [0.2, 0.25) is 0 Å². The molecule has 68 valence electrons. The molecule has 0 heterocycles. The molecule has 0 unspecified atom stereocenters. The molecule has 0 radical (unpaired) electrons. The molecule has 0 saturated heterocycles. The van der Waals surface area contributed by atoms with Crippen molar-refractivity contribution in [3.63, 3.8) is 0 Å². The molecule has 7 heteroatoms. The molecule has 13 heavy (non-hydrogen) atoms. The van der Waals surface area contributed by atoms with E-state index < -0.39 is 26.6 Å². The Kier molecular flexibility index (Phi) is 5.16. The zero-order valence-electron chi connectivity index (χ0n) is 7.66. The molecule has 0 amide bonds. The van der Waals surface area contributed by atoms with Crippen LogP contribution < -0.4 is 51.4 Å². The predicted molar refractivity (Wildman–Crippen MR) is 37.3 cm³/mol. The Morgan fingerprint density at radius 2 is 1.77 bits per heavy atom. The van der Waals surface area contributed by atoms with Crippen molar-refractivity contribution < 1.29 is 74.6 Å². The molecular weight excluding hydrogens is 229 g/mol. The van der Waals surface area contributed by atoms with Crippen LogP contribution in [0.2, 0.25) is 0 Å². The maximum atomic E-state index is 12.4. The van der Waals surface area contributed by atoms with Crippen LogP contribution in [0.5, 0.6) is 0 Å². The third kappa shape index (κ3) is 3.70. The van der Waals surface area contributed by atoms with Crippen LogP contribution in [-0.4, -0.2) is 13.0 Å². The summed E-state index contributed by atoms with van der Waals surface area (Å²) in [5.74, 6) is -2.48. The van der Waals surface area contributed by atoms with Crippen LogP contribution in [0.4, 0.5) is 8.78 Å². The van der Waals surface area contributed by atoms with Gasteiger partial charge in [-0.2, -0.15) is 8.42 Å². The second-order valence-electron chi connectivity index (χ2n) is 2.05. The van der Waals surface area contributed by atoms with Crippen LogP contribution in [0.15, 0.2) is 23.1 Å². The van der Waals surface area contributed by atoms with Crippen molar-refractivity contribution in [1.29, 1.82) is 0 Å². The molecule has 0 saturated carbocycles. The van der Waals surface area contributed by atoms with E-state index in [1.54, 1.807) is 0 Å². The van der Waals surface area contributed by atoms with E-state index in [1.165, 1.54) is 0 Å². The van der Waals surface area contributed by atoms with Crippen LogP contribution in [0.1, 0.15) is 1.43 Å². The van der Waals surface area contributed by atoms with E-state index in [1.807, 2.05) is 0 Å². The minimum atomic E-state index is -4.45. The summed E-state index contributed by atoms with van der Waals surface area (Å²) < 4.78 is 53.7. The molecule has 1 rings (SSSR count). The van der Waals surface area contributed by atoms with Crippen molar-refractivity contribution in [3.8, 4) is 0 Å². The summed E-state index contributed by atoms with van der Waals surface area (Å²) >= 11 is 0. The van der Waals surface area contributed by atoms with Crippen molar-refractivity contribution in [2.75, 3.05) is 0 Å². The average Bonchev–Trinajstić information content (AvgIpc) is 1.92. The van der Waals surface area contributed by atoms with Crippen LogP contribution in [0, 0.1) is 11.6 Å². The summed E-state index contributed by atoms with van der Waals surface area (Å²) in [6.07, 6.45) is 0.